The Morgan fingerprint density at radius 1 is 1.10 bits per heavy atom. The zero-order valence-electron chi connectivity index (χ0n) is 12.1. The SMILES string of the molecule is Cn1cc(CN2CCN(Cc3ccc(Cl)nc3)CC2)nn1. The predicted octanol–water partition coefficient (Wildman–Crippen LogP) is 1.18. The highest BCUT2D eigenvalue weighted by molar-refractivity contribution is 6.29. The van der Waals surface area contributed by atoms with Crippen molar-refractivity contribution in [1.29, 1.82) is 0 Å². The Kier molecular flexibility index (Phi) is 4.48. The van der Waals surface area contributed by atoms with Crippen molar-refractivity contribution >= 4 is 11.6 Å². The van der Waals surface area contributed by atoms with Crippen molar-refractivity contribution in [1.82, 2.24) is 29.8 Å². The van der Waals surface area contributed by atoms with Crippen LogP contribution in [0, 0.1) is 0 Å². The van der Waals surface area contributed by atoms with E-state index in [0.717, 1.165) is 45.0 Å². The number of piperazine rings is 1. The first-order chi connectivity index (χ1) is 10.2. The number of aromatic nitrogens is 4. The molecule has 0 unspecified atom stereocenters. The Morgan fingerprint density at radius 3 is 2.38 bits per heavy atom. The Morgan fingerprint density at radius 2 is 1.81 bits per heavy atom. The van der Waals surface area contributed by atoms with E-state index in [0.29, 0.717) is 5.15 Å². The Bertz CT molecular complexity index is 573. The van der Waals surface area contributed by atoms with E-state index in [4.69, 9.17) is 11.6 Å². The number of pyridine rings is 1. The summed E-state index contributed by atoms with van der Waals surface area (Å²) in [6.07, 6.45) is 3.83. The van der Waals surface area contributed by atoms with Crippen LogP contribution in [0.25, 0.3) is 0 Å². The van der Waals surface area contributed by atoms with Crippen LogP contribution in [0.4, 0.5) is 0 Å². The van der Waals surface area contributed by atoms with Gasteiger partial charge in [-0.3, -0.25) is 14.5 Å². The van der Waals surface area contributed by atoms with E-state index < -0.39 is 0 Å². The summed E-state index contributed by atoms with van der Waals surface area (Å²) in [7, 11) is 1.90. The molecule has 1 saturated heterocycles. The topological polar surface area (TPSA) is 50.1 Å². The van der Waals surface area contributed by atoms with Gasteiger partial charge in [-0.1, -0.05) is 22.9 Å². The zero-order chi connectivity index (χ0) is 14.7. The predicted molar refractivity (Wildman–Crippen MR) is 80.8 cm³/mol. The monoisotopic (exact) mass is 306 g/mol. The van der Waals surface area contributed by atoms with Crippen molar-refractivity contribution in [3.05, 3.63) is 40.9 Å². The minimum absolute atomic E-state index is 0.549. The third-order valence-electron chi connectivity index (χ3n) is 3.70. The molecule has 6 nitrogen and oxygen atoms in total. The molecule has 3 rings (SSSR count). The summed E-state index contributed by atoms with van der Waals surface area (Å²) >= 11 is 5.81. The molecule has 1 aliphatic rings. The van der Waals surface area contributed by atoms with Gasteiger partial charge in [-0.05, 0) is 11.6 Å². The molecule has 0 bridgehead atoms. The fourth-order valence-corrected chi connectivity index (χ4v) is 2.67. The van der Waals surface area contributed by atoms with E-state index in [1.54, 1.807) is 4.68 Å². The molecule has 1 aliphatic heterocycles. The molecule has 112 valence electrons. The molecule has 0 radical (unpaired) electrons. The lowest BCUT2D eigenvalue weighted by molar-refractivity contribution is 0.121. The van der Waals surface area contributed by atoms with E-state index in [1.165, 1.54) is 5.56 Å². The van der Waals surface area contributed by atoms with Gasteiger partial charge in [0, 0.05) is 58.7 Å². The Labute approximate surface area is 129 Å². The summed E-state index contributed by atoms with van der Waals surface area (Å²) < 4.78 is 1.75. The fraction of sp³-hybridized carbons (Fsp3) is 0.500. The highest BCUT2D eigenvalue weighted by Crippen LogP contribution is 2.11. The quantitative estimate of drug-likeness (QED) is 0.794. The van der Waals surface area contributed by atoms with Crippen LogP contribution in [0.15, 0.2) is 24.5 Å². The van der Waals surface area contributed by atoms with Gasteiger partial charge in [0.2, 0.25) is 0 Å². The normalized spacial score (nSPS) is 17.2. The maximum atomic E-state index is 5.81. The lowest BCUT2D eigenvalue weighted by Crippen LogP contribution is -2.45. The van der Waals surface area contributed by atoms with Gasteiger partial charge in [0.25, 0.3) is 0 Å². The molecular weight excluding hydrogens is 288 g/mol. The number of rotatable bonds is 4. The molecule has 2 aromatic rings. The van der Waals surface area contributed by atoms with Crippen molar-refractivity contribution in [2.75, 3.05) is 26.2 Å². The van der Waals surface area contributed by atoms with Crippen LogP contribution in [0.3, 0.4) is 0 Å². The van der Waals surface area contributed by atoms with Crippen molar-refractivity contribution in [3.63, 3.8) is 0 Å². The molecule has 21 heavy (non-hydrogen) atoms. The largest absolute Gasteiger partial charge is 0.296 e. The number of hydrogen-bond acceptors (Lipinski definition) is 5. The van der Waals surface area contributed by atoms with Gasteiger partial charge in [-0.2, -0.15) is 0 Å². The molecule has 1 fully saturated rings. The first kappa shape index (κ1) is 14.4. The number of halogens is 1. The summed E-state index contributed by atoms with van der Waals surface area (Å²) in [4.78, 5) is 8.99. The van der Waals surface area contributed by atoms with Crippen molar-refractivity contribution in [3.8, 4) is 0 Å². The fourth-order valence-electron chi connectivity index (χ4n) is 2.56. The van der Waals surface area contributed by atoms with Crippen LogP contribution in [-0.2, 0) is 20.1 Å². The summed E-state index contributed by atoms with van der Waals surface area (Å²) in [5.41, 5.74) is 2.25. The molecule has 7 heteroatoms. The van der Waals surface area contributed by atoms with Crippen molar-refractivity contribution in [2.24, 2.45) is 7.05 Å². The highest BCUT2D eigenvalue weighted by atomic mass is 35.5. The average Bonchev–Trinajstić information content (AvgIpc) is 2.89. The molecule has 0 spiro atoms. The summed E-state index contributed by atoms with van der Waals surface area (Å²) in [5.74, 6) is 0. The van der Waals surface area contributed by atoms with Crippen LogP contribution in [-0.4, -0.2) is 56.0 Å². The van der Waals surface area contributed by atoms with Crippen molar-refractivity contribution < 1.29 is 0 Å². The summed E-state index contributed by atoms with van der Waals surface area (Å²) in [6, 6.07) is 3.89. The molecule has 2 aromatic heterocycles. The van der Waals surface area contributed by atoms with Gasteiger partial charge in [0.1, 0.15) is 5.15 Å². The van der Waals surface area contributed by atoms with Gasteiger partial charge >= 0.3 is 0 Å². The first-order valence-electron chi connectivity index (χ1n) is 7.09. The lowest BCUT2D eigenvalue weighted by Gasteiger charge is -2.34. The van der Waals surface area contributed by atoms with Gasteiger partial charge in [0.05, 0.1) is 5.69 Å². The molecule has 0 atom stereocenters. The molecule has 0 saturated carbocycles. The van der Waals surface area contributed by atoms with Crippen LogP contribution in [0.5, 0.6) is 0 Å². The molecule has 3 heterocycles. The van der Waals surface area contributed by atoms with Crippen LogP contribution in [0.1, 0.15) is 11.3 Å². The maximum absolute atomic E-state index is 5.81. The average molecular weight is 307 g/mol. The van der Waals surface area contributed by atoms with E-state index in [9.17, 15) is 0 Å². The lowest BCUT2D eigenvalue weighted by atomic mass is 10.2. The third-order valence-corrected chi connectivity index (χ3v) is 3.92. The smallest absolute Gasteiger partial charge is 0.129 e. The molecule has 0 aromatic carbocycles. The molecule has 0 aliphatic carbocycles. The van der Waals surface area contributed by atoms with Crippen LogP contribution in [0.2, 0.25) is 5.15 Å². The third kappa shape index (κ3) is 4.00. The second-order valence-electron chi connectivity index (χ2n) is 5.43. The minimum atomic E-state index is 0.549. The van der Waals surface area contributed by atoms with Gasteiger partial charge in [-0.15, -0.1) is 5.10 Å². The number of aryl methyl sites for hydroxylation is 1. The van der Waals surface area contributed by atoms with Gasteiger partial charge in [-0.25, -0.2) is 4.98 Å². The Balaban J connectivity index is 1.47. The van der Waals surface area contributed by atoms with E-state index >= 15 is 0 Å². The van der Waals surface area contributed by atoms with Crippen LogP contribution >= 0.6 is 11.6 Å². The Hall–Kier alpha value is -1.50. The highest BCUT2D eigenvalue weighted by Gasteiger charge is 2.18. The van der Waals surface area contributed by atoms with E-state index in [-0.39, 0.29) is 0 Å². The van der Waals surface area contributed by atoms with E-state index in [2.05, 4.69) is 25.1 Å². The van der Waals surface area contributed by atoms with Gasteiger partial charge < -0.3 is 0 Å². The molecule has 0 amide bonds. The summed E-state index contributed by atoms with van der Waals surface area (Å²) in [6.45, 7) is 6.04. The standard InChI is InChI=1S/C14H19ClN6/c1-19-10-13(17-18-19)11-21-6-4-20(5-7-21)9-12-2-3-14(15)16-8-12/h2-3,8,10H,4-7,9,11H2,1H3. The molecule has 0 N–H and O–H groups in total. The second-order valence-corrected chi connectivity index (χ2v) is 5.81. The van der Waals surface area contributed by atoms with Gasteiger partial charge in [0.15, 0.2) is 0 Å². The summed E-state index contributed by atoms with van der Waals surface area (Å²) in [5, 5.41) is 8.66. The van der Waals surface area contributed by atoms with E-state index in [1.807, 2.05) is 31.6 Å². The van der Waals surface area contributed by atoms with Crippen LogP contribution < -0.4 is 0 Å². The van der Waals surface area contributed by atoms with Crippen molar-refractivity contribution in [2.45, 2.75) is 13.1 Å². The minimum Gasteiger partial charge on any atom is -0.296 e. The second kappa shape index (κ2) is 6.51. The number of nitrogens with zero attached hydrogens (tertiary/aromatic N) is 6. The first-order valence-corrected chi connectivity index (χ1v) is 7.47. The molecular formula is C14H19ClN6. The zero-order valence-corrected chi connectivity index (χ0v) is 12.9. The number of hydrogen-bond donors (Lipinski definition) is 0. The maximum Gasteiger partial charge on any atom is 0.129 e.